The molecular formula is C19H24F3N7. The Balaban J connectivity index is 1.57. The van der Waals surface area contributed by atoms with Crippen molar-refractivity contribution in [2.45, 2.75) is 32.1 Å². The number of rotatable bonds is 5. The summed E-state index contributed by atoms with van der Waals surface area (Å²) in [7, 11) is 0. The van der Waals surface area contributed by atoms with Gasteiger partial charge in [0.1, 0.15) is 0 Å². The van der Waals surface area contributed by atoms with Crippen molar-refractivity contribution in [1.29, 1.82) is 0 Å². The number of nitrogens with zero attached hydrogens (tertiary/aromatic N) is 6. The van der Waals surface area contributed by atoms with Crippen LogP contribution < -0.4 is 10.2 Å². The monoisotopic (exact) mass is 407 g/mol. The molecule has 0 aromatic carbocycles. The van der Waals surface area contributed by atoms with Crippen molar-refractivity contribution in [3.05, 3.63) is 36.4 Å². The molecule has 0 saturated carbocycles. The Labute approximate surface area is 167 Å². The molecule has 2 aromatic rings. The molecule has 1 atom stereocenters. The third-order valence-corrected chi connectivity index (χ3v) is 5.42. The van der Waals surface area contributed by atoms with E-state index in [0.717, 1.165) is 44.4 Å². The van der Waals surface area contributed by atoms with Gasteiger partial charge in [-0.05, 0) is 19.4 Å². The van der Waals surface area contributed by atoms with E-state index in [2.05, 4.69) is 31.9 Å². The van der Waals surface area contributed by atoms with Gasteiger partial charge in [0.05, 0.1) is 18.4 Å². The van der Waals surface area contributed by atoms with E-state index in [4.69, 9.17) is 0 Å². The van der Waals surface area contributed by atoms with Crippen LogP contribution in [0.1, 0.15) is 19.0 Å². The molecule has 10 heteroatoms. The van der Waals surface area contributed by atoms with Crippen LogP contribution in [0.25, 0.3) is 11.3 Å². The number of halogens is 3. The molecule has 2 aromatic heterocycles. The fourth-order valence-electron chi connectivity index (χ4n) is 3.52. The van der Waals surface area contributed by atoms with E-state index in [1.807, 2.05) is 6.92 Å². The van der Waals surface area contributed by atoms with Crippen LogP contribution in [0.2, 0.25) is 0 Å². The van der Waals surface area contributed by atoms with Gasteiger partial charge in [-0.1, -0.05) is 6.58 Å². The topological polar surface area (TPSA) is 62.1 Å². The number of nitrogens with one attached hydrogen (secondary N) is 1. The molecule has 4 rings (SSSR count). The third-order valence-electron chi connectivity index (χ3n) is 5.42. The Morgan fingerprint density at radius 3 is 2.62 bits per heavy atom. The number of anilines is 1. The van der Waals surface area contributed by atoms with Crippen LogP contribution in [0, 0.1) is 0 Å². The van der Waals surface area contributed by atoms with Crippen LogP contribution in [0.15, 0.2) is 30.7 Å². The van der Waals surface area contributed by atoms with E-state index in [1.165, 1.54) is 6.20 Å². The van der Waals surface area contributed by atoms with Gasteiger partial charge >= 0.3 is 6.18 Å². The van der Waals surface area contributed by atoms with Gasteiger partial charge in [-0.25, -0.2) is 9.97 Å². The highest BCUT2D eigenvalue weighted by Gasteiger charge is 2.36. The summed E-state index contributed by atoms with van der Waals surface area (Å²) in [5.41, 5.74) is 0.741. The van der Waals surface area contributed by atoms with Crippen LogP contribution in [0.5, 0.6) is 0 Å². The molecule has 0 aliphatic carbocycles. The Morgan fingerprint density at radius 2 is 2.00 bits per heavy atom. The van der Waals surface area contributed by atoms with E-state index < -0.39 is 11.9 Å². The fourth-order valence-corrected chi connectivity index (χ4v) is 3.52. The average molecular weight is 407 g/mol. The molecule has 0 amide bonds. The van der Waals surface area contributed by atoms with Crippen molar-refractivity contribution < 1.29 is 13.2 Å². The number of hydrogen-bond acceptors (Lipinski definition) is 6. The van der Waals surface area contributed by atoms with E-state index in [1.54, 1.807) is 15.8 Å². The summed E-state index contributed by atoms with van der Waals surface area (Å²) in [5, 5.41) is 7.59. The summed E-state index contributed by atoms with van der Waals surface area (Å²) in [6, 6.07) is 1.12. The summed E-state index contributed by atoms with van der Waals surface area (Å²) in [5.74, 6) is 0.117. The van der Waals surface area contributed by atoms with Gasteiger partial charge in [0.25, 0.3) is 0 Å². The minimum atomic E-state index is -4.53. The molecule has 29 heavy (non-hydrogen) atoms. The summed E-state index contributed by atoms with van der Waals surface area (Å²) < 4.78 is 41.8. The first-order chi connectivity index (χ1) is 13.8. The van der Waals surface area contributed by atoms with Crippen molar-refractivity contribution in [2.24, 2.45) is 0 Å². The van der Waals surface area contributed by atoms with Crippen molar-refractivity contribution in [2.75, 3.05) is 37.6 Å². The van der Waals surface area contributed by atoms with Crippen LogP contribution in [0.3, 0.4) is 0 Å². The largest absolute Gasteiger partial charge is 0.433 e. The van der Waals surface area contributed by atoms with Crippen LogP contribution >= 0.6 is 0 Å². The van der Waals surface area contributed by atoms with Crippen LogP contribution in [0.4, 0.5) is 19.1 Å². The van der Waals surface area contributed by atoms with Gasteiger partial charge < -0.3 is 15.1 Å². The first-order valence-corrected chi connectivity index (χ1v) is 9.70. The summed E-state index contributed by atoms with van der Waals surface area (Å²) >= 11 is 0. The van der Waals surface area contributed by atoms with Gasteiger partial charge in [0.2, 0.25) is 5.95 Å². The molecule has 7 nitrogen and oxygen atoms in total. The van der Waals surface area contributed by atoms with Gasteiger partial charge in [-0.2, -0.15) is 18.3 Å². The molecule has 0 radical (unpaired) electrons. The number of piperazine rings is 1. The molecule has 156 valence electrons. The molecule has 0 unspecified atom stereocenters. The Hall–Kier alpha value is -2.62. The Morgan fingerprint density at radius 1 is 1.24 bits per heavy atom. The molecule has 2 aliphatic heterocycles. The minimum Gasteiger partial charge on any atom is -0.371 e. The summed E-state index contributed by atoms with van der Waals surface area (Å²) in [6.07, 6.45) is -0.371. The van der Waals surface area contributed by atoms with E-state index in [0.29, 0.717) is 18.7 Å². The van der Waals surface area contributed by atoms with E-state index in [-0.39, 0.29) is 17.7 Å². The lowest BCUT2D eigenvalue weighted by molar-refractivity contribution is -0.141. The average Bonchev–Trinajstić information content (AvgIpc) is 3.15. The van der Waals surface area contributed by atoms with Crippen molar-refractivity contribution >= 4 is 5.95 Å². The number of aromatic nitrogens is 4. The second kappa shape index (κ2) is 7.66. The van der Waals surface area contributed by atoms with E-state index >= 15 is 0 Å². The first-order valence-electron chi connectivity index (χ1n) is 9.70. The second-order valence-electron chi connectivity index (χ2n) is 7.50. The van der Waals surface area contributed by atoms with Gasteiger partial charge in [-0.3, -0.25) is 4.68 Å². The quantitative estimate of drug-likeness (QED) is 0.821. The standard InChI is InChI=1S/C19H24F3N7/c1-13-3-6-29(13)18-25-16(9-17(26-18)19(20,21)22)15-10-24-28(12-15)11-14(2)27-7-4-23-5-8-27/h9-10,12-13,23H,2-8,11H2,1H3/t13-/m0/s1. The second-order valence-corrected chi connectivity index (χ2v) is 7.50. The Bertz CT molecular complexity index is 886. The molecule has 1 N–H and O–H groups in total. The van der Waals surface area contributed by atoms with Crippen LogP contribution in [-0.4, -0.2) is 63.4 Å². The molecule has 2 fully saturated rings. The minimum absolute atomic E-state index is 0.117. The highest BCUT2D eigenvalue weighted by Crippen LogP contribution is 2.33. The lowest BCUT2D eigenvalue weighted by Gasteiger charge is -2.38. The molecule has 0 bridgehead atoms. The molecule has 4 heterocycles. The first kappa shape index (κ1) is 19.7. The lowest BCUT2D eigenvalue weighted by Crippen LogP contribution is -2.46. The molecular weight excluding hydrogens is 383 g/mol. The smallest absolute Gasteiger partial charge is 0.371 e. The van der Waals surface area contributed by atoms with E-state index in [9.17, 15) is 13.2 Å². The van der Waals surface area contributed by atoms with Crippen molar-refractivity contribution in [3.8, 4) is 11.3 Å². The number of alkyl halides is 3. The van der Waals surface area contributed by atoms with Crippen molar-refractivity contribution in [1.82, 2.24) is 30.0 Å². The summed E-state index contributed by atoms with van der Waals surface area (Å²) in [6.45, 7) is 10.8. The normalized spacial score (nSPS) is 19.9. The lowest BCUT2D eigenvalue weighted by atomic mass is 10.1. The maximum Gasteiger partial charge on any atom is 0.433 e. The maximum absolute atomic E-state index is 13.4. The van der Waals surface area contributed by atoms with Crippen molar-refractivity contribution in [3.63, 3.8) is 0 Å². The highest BCUT2D eigenvalue weighted by atomic mass is 19.4. The van der Waals surface area contributed by atoms with Crippen LogP contribution in [-0.2, 0) is 12.7 Å². The third kappa shape index (κ3) is 4.21. The number of allylic oxidation sites excluding steroid dienone is 1. The predicted molar refractivity (Wildman–Crippen MR) is 103 cm³/mol. The molecule has 2 aliphatic rings. The zero-order valence-electron chi connectivity index (χ0n) is 16.3. The Kier molecular flexibility index (Phi) is 5.20. The van der Waals surface area contributed by atoms with Gasteiger partial charge in [0, 0.05) is 56.2 Å². The van der Waals surface area contributed by atoms with Gasteiger partial charge in [-0.15, -0.1) is 0 Å². The SMILES string of the molecule is C=C(Cn1cc(-c2cc(C(F)(F)F)nc(N3CC[C@@H]3C)n2)cn1)N1CCNCC1. The molecule has 2 saturated heterocycles. The van der Waals surface area contributed by atoms with Gasteiger partial charge in [0.15, 0.2) is 5.69 Å². The zero-order valence-corrected chi connectivity index (χ0v) is 16.3. The zero-order chi connectivity index (χ0) is 20.6. The summed E-state index contributed by atoms with van der Waals surface area (Å²) in [4.78, 5) is 12.1. The molecule has 0 spiro atoms. The predicted octanol–water partition coefficient (Wildman–Crippen LogP) is 2.38. The fraction of sp³-hybridized carbons (Fsp3) is 0.526. The highest BCUT2D eigenvalue weighted by molar-refractivity contribution is 5.60. The number of hydrogen-bond donors (Lipinski definition) is 1. The maximum atomic E-state index is 13.4.